The van der Waals surface area contributed by atoms with Crippen LogP contribution in [0.25, 0.3) is 0 Å². The van der Waals surface area contributed by atoms with Crippen molar-refractivity contribution >= 4 is 17.1 Å². The van der Waals surface area contributed by atoms with Crippen LogP contribution in [-0.2, 0) is 4.74 Å². The van der Waals surface area contributed by atoms with Gasteiger partial charge in [-0.05, 0) is 60.4 Å². The lowest BCUT2D eigenvalue weighted by Gasteiger charge is -2.26. The van der Waals surface area contributed by atoms with Gasteiger partial charge in [-0.3, -0.25) is 0 Å². The lowest BCUT2D eigenvalue weighted by atomic mass is 9.91. The Morgan fingerprint density at radius 1 is 0.625 bits per heavy atom. The summed E-state index contributed by atoms with van der Waals surface area (Å²) < 4.78 is 6.07. The molecule has 1 fully saturated rings. The van der Waals surface area contributed by atoms with Gasteiger partial charge in [0.2, 0.25) is 0 Å². The van der Waals surface area contributed by atoms with Gasteiger partial charge < -0.3 is 9.64 Å². The summed E-state index contributed by atoms with van der Waals surface area (Å²) in [6.45, 7) is 0. The first-order chi connectivity index (χ1) is 11.9. The molecule has 0 aliphatic carbocycles. The van der Waals surface area contributed by atoms with E-state index in [4.69, 9.17) is 4.74 Å². The van der Waals surface area contributed by atoms with Crippen molar-refractivity contribution in [2.75, 3.05) is 4.90 Å². The first-order valence-electron chi connectivity index (χ1n) is 8.60. The van der Waals surface area contributed by atoms with E-state index in [2.05, 4.69) is 83.8 Å². The van der Waals surface area contributed by atoms with Gasteiger partial charge in [-0.15, -0.1) is 0 Å². The molecule has 0 spiro atoms. The molecule has 2 heteroatoms. The molecule has 0 N–H and O–H groups in total. The molecular weight excluding hydrogens is 294 g/mol. The number of benzene rings is 3. The van der Waals surface area contributed by atoms with Crippen molar-refractivity contribution in [1.29, 1.82) is 0 Å². The highest BCUT2D eigenvalue weighted by molar-refractivity contribution is 5.77. The topological polar surface area (TPSA) is 12.5 Å². The largest absolute Gasteiger partial charge is 0.366 e. The summed E-state index contributed by atoms with van der Waals surface area (Å²) in [5.74, 6) is 0. The summed E-state index contributed by atoms with van der Waals surface area (Å²) in [5.41, 5.74) is 6.31. The first-order valence-corrected chi connectivity index (χ1v) is 8.60. The molecule has 1 saturated heterocycles. The summed E-state index contributed by atoms with van der Waals surface area (Å²) in [6, 6.07) is 27.9. The minimum atomic E-state index is 0.290. The SMILES string of the molecule is c1ccc(N(c2ccccc2)c2ccc3c(c2)C2CCC3O2)cc1. The number of rotatable bonds is 3. The lowest BCUT2D eigenvalue weighted by Crippen LogP contribution is -2.11. The molecule has 2 heterocycles. The van der Waals surface area contributed by atoms with Gasteiger partial charge in [0.1, 0.15) is 0 Å². The van der Waals surface area contributed by atoms with Crippen molar-refractivity contribution in [3.05, 3.63) is 90.0 Å². The Morgan fingerprint density at radius 3 is 1.83 bits per heavy atom. The van der Waals surface area contributed by atoms with Gasteiger partial charge in [0.25, 0.3) is 0 Å². The molecular formula is C22H19NO. The summed E-state index contributed by atoms with van der Waals surface area (Å²) >= 11 is 0. The minimum absolute atomic E-state index is 0.290. The van der Waals surface area contributed by atoms with Gasteiger partial charge in [-0.25, -0.2) is 0 Å². The van der Waals surface area contributed by atoms with Gasteiger partial charge in [-0.1, -0.05) is 42.5 Å². The van der Waals surface area contributed by atoms with E-state index in [0.717, 1.165) is 12.8 Å². The maximum Gasteiger partial charge on any atom is 0.0838 e. The normalized spacial score (nSPS) is 20.8. The standard InChI is InChI=1S/C22H19NO/c1-3-7-16(8-4-1)23(17-9-5-2-6-10-17)18-11-12-19-20(15-18)22-14-13-21(19)24-22/h1-12,15,21-22H,13-14H2. The second kappa shape index (κ2) is 5.50. The van der Waals surface area contributed by atoms with Crippen LogP contribution in [0.1, 0.15) is 36.2 Å². The van der Waals surface area contributed by atoms with Crippen LogP contribution in [0.2, 0.25) is 0 Å². The molecule has 2 nitrogen and oxygen atoms in total. The Balaban J connectivity index is 1.64. The van der Waals surface area contributed by atoms with Crippen molar-refractivity contribution < 1.29 is 4.74 Å². The molecule has 5 rings (SSSR count). The number of anilines is 3. The minimum Gasteiger partial charge on any atom is -0.366 e. The maximum absolute atomic E-state index is 6.07. The Kier molecular flexibility index (Phi) is 3.17. The number of hydrogen-bond donors (Lipinski definition) is 0. The predicted octanol–water partition coefficient (Wildman–Crippen LogP) is 6.06. The Labute approximate surface area is 142 Å². The third-order valence-corrected chi connectivity index (χ3v) is 5.07. The zero-order chi connectivity index (χ0) is 15.9. The second-order valence-corrected chi connectivity index (χ2v) is 6.51. The van der Waals surface area contributed by atoms with E-state index in [9.17, 15) is 0 Å². The van der Waals surface area contributed by atoms with Gasteiger partial charge in [0.15, 0.2) is 0 Å². The highest BCUT2D eigenvalue weighted by Gasteiger charge is 2.38. The molecule has 118 valence electrons. The molecule has 3 aromatic carbocycles. The first kappa shape index (κ1) is 13.8. The maximum atomic E-state index is 6.07. The molecule has 0 saturated carbocycles. The Bertz CT molecular complexity index is 820. The summed E-state index contributed by atoms with van der Waals surface area (Å²) in [6.07, 6.45) is 2.93. The highest BCUT2D eigenvalue weighted by atomic mass is 16.5. The van der Waals surface area contributed by atoms with E-state index < -0.39 is 0 Å². The molecule has 3 aromatic rings. The van der Waals surface area contributed by atoms with E-state index >= 15 is 0 Å². The monoisotopic (exact) mass is 313 g/mol. The number of hydrogen-bond acceptors (Lipinski definition) is 2. The van der Waals surface area contributed by atoms with Crippen molar-refractivity contribution in [1.82, 2.24) is 0 Å². The number of para-hydroxylation sites is 2. The molecule has 2 bridgehead atoms. The van der Waals surface area contributed by atoms with Gasteiger partial charge in [0, 0.05) is 17.1 Å². The van der Waals surface area contributed by atoms with E-state index in [1.165, 1.54) is 28.2 Å². The molecule has 2 aliphatic rings. The molecule has 24 heavy (non-hydrogen) atoms. The summed E-state index contributed by atoms with van der Waals surface area (Å²) in [5, 5.41) is 0. The predicted molar refractivity (Wildman–Crippen MR) is 96.9 cm³/mol. The van der Waals surface area contributed by atoms with E-state index in [1.54, 1.807) is 0 Å². The van der Waals surface area contributed by atoms with Crippen LogP contribution in [0.5, 0.6) is 0 Å². The fraction of sp³-hybridized carbons (Fsp3) is 0.182. The highest BCUT2D eigenvalue weighted by Crippen LogP contribution is 2.51. The second-order valence-electron chi connectivity index (χ2n) is 6.51. The molecule has 2 atom stereocenters. The van der Waals surface area contributed by atoms with Crippen molar-refractivity contribution in [3.63, 3.8) is 0 Å². The van der Waals surface area contributed by atoms with Crippen LogP contribution >= 0.6 is 0 Å². The van der Waals surface area contributed by atoms with E-state index in [0.29, 0.717) is 12.2 Å². The lowest BCUT2D eigenvalue weighted by molar-refractivity contribution is 0.0717. The number of fused-ring (bicyclic) bond motifs is 5. The summed E-state index contributed by atoms with van der Waals surface area (Å²) in [4.78, 5) is 2.31. The van der Waals surface area contributed by atoms with Crippen molar-refractivity contribution in [3.8, 4) is 0 Å². The van der Waals surface area contributed by atoms with Crippen LogP contribution in [0.15, 0.2) is 78.9 Å². The quantitative estimate of drug-likeness (QED) is 0.582. The zero-order valence-corrected chi connectivity index (χ0v) is 13.4. The van der Waals surface area contributed by atoms with Crippen LogP contribution < -0.4 is 4.90 Å². The van der Waals surface area contributed by atoms with Crippen molar-refractivity contribution in [2.24, 2.45) is 0 Å². The zero-order valence-electron chi connectivity index (χ0n) is 13.4. The fourth-order valence-corrected chi connectivity index (χ4v) is 3.97. The Morgan fingerprint density at radius 2 is 1.21 bits per heavy atom. The molecule has 0 radical (unpaired) electrons. The van der Waals surface area contributed by atoms with E-state index in [1.807, 2.05) is 0 Å². The number of nitrogens with zero attached hydrogens (tertiary/aromatic N) is 1. The van der Waals surface area contributed by atoms with Gasteiger partial charge >= 0.3 is 0 Å². The van der Waals surface area contributed by atoms with E-state index in [-0.39, 0.29) is 0 Å². The van der Waals surface area contributed by atoms with Crippen molar-refractivity contribution in [2.45, 2.75) is 25.0 Å². The Hall–Kier alpha value is -2.58. The third kappa shape index (κ3) is 2.15. The van der Waals surface area contributed by atoms with Gasteiger partial charge in [-0.2, -0.15) is 0 Å². The third-order valence-electron chi connectivity index (χ3n) is 5.07. The van der Waals surface area contributed by atoms with Crippen LogP contribution in [0.4, 0.5) is 17.1 Å². The number of ether oxygens (including phenoxy) is 1. The molecule has 2 unspecified atom stereocenters. The molecule has 0 aromatic heterocycles. The van der Waals surface area contributed by atoms with Crippen LogP contribution in [-0.4, -0.2) is 0 Å². The average molecular weight is 313 g/mol. The summed E-state index contributed by atoms with van der Waals surface area (Å²) in [7, 11) is 0. The molecule has 0 amide bonds. The van der Waals surface area contributed by atoms with Crippen LogP contribution in [0.3, 0.4) is 0 Å². The van der Waals surface area contributed by atoms with Gasteiger partial charge in [0.05, 0.1) is 12.2 Å². The smallest absolute Gasteiger partial charge is 0.0838 e. The molecule has 2 aliphatic heterocycles. The fourth-order valence-electron chi connectivity index (χ4n) is 3.97. The average Bonchev–Trinajstić information content (AvgIpc) is 3.26. The van der Waals surface area contributed by atoms with Crippen LogP contribution in [0, 0.1) is 0 Å².